The quantitative estimate of drug-likeness (QED) is 0.148. The molecule has 0 unspecified atom stereocenters. The van der Waals surface area contributed by atoms with Gasteiger partial charge in [-0.15, -0.1) is 0 Å². The molecule has 142 valence electrons. The van der Waals surface area contributed by atoms with Gasteiger partial charge in [-0.3, -0.25) is 4.79 Å². The Balaban J connectivity index is 3.11. The van der Waals surface area contributed by atoms with Gasteiger partial charge in [0.25, 0.3) is 0 Å². The van der Waals surface area contributed by atoms with Crippen LogP contribution in [-0.4, -0.2) is 12.6 Å². The normalized spacial score (nSPS) is 11.2. The maximum absolute atomic E-state index is 11.4. The van der Waals surface area contributed by atoms with E-state index >= 15 is 0 Å². The van der Waals surface area contributed by atoms with Gasteiger partial charge < -0.3 is 4.74 Å². The van der Waals surface area contributed by atoms with E-state index in [0.29, 0.717) is 13.0 Å². The van der Waals surface area contributed by atoms with Crippen molar-refractivity contribution in [3.8, 4) is 0 Å². The number of hydrogen-bond donors (Lipinski definition) is 0. The first kappa shape index (κ1) is 23.2. The van der Waals surface area contributed by atoms with E-state index in [1.54, 1.807) is 0 Å². The van der Waals surface area contributed by atoms with Gasteiger partial charge in [-0.2, -0.15) is 0 Å². The first-order chi connectivity index (χ1) is 11.8. The van der Waals surface area contributed by atoms with Crippen LogP contribution >= 0.6 is 0 Å². The third-order valence-corrected chi connectivity index (χ3v) is 4.38. The molecule has 0 spiro atoms. The maximum Gasteiger partial charge on any atom is 0.305 e. The van der Waals surface area contributed by atoms with Crippen molar-refractivity contribution >= 4 is 5.97 Å². The molecule has 0 rings (SSSR count). The van der Waals surface area contributed by atoms with E-state index < -0.39 is 0 Å². The summed E-state index contributed by atoms with van der Waals surface area (Å²) in [6.07, 6.45) is 24.1. The Bertz CT molecular complexity index is 284. The van der Waals surface area contributed by atoms with Gasteiger partial charge in [0, 0.05) is 6.42 Å². The molecule has 2 nitrogen and oxygen atoms in total. The van der Waals surface area contributed by atoms with Crippen molar-refractivity contribution in [2.75, 3.05) is 6.61 Å². The highest BCUT2D eigenvalue weighted by atomic mass is 16.5. The predicted molar refractivity (Wildman–Crippen MR) is 105 cm³/mol. The minimum atomic E-state index is -0.00649. The summed E-state index contributed by atoms with van der Waals surface area (Å²) in [5.74, 6) is -0.00649. The highest BCUT2D eigenvalue weighted by molar-refractivity contribution is 5.69. The molecule has 0 N–H and O–H groups in total. The van der Waals surface area contributed by atoms with Crippen LogP contribution in [0.4, 0.5) is 0 Å². The average Bonchev–Trinajstić information content (AvgIpc) is 2.58. The first-order valence-corrected chi connectivity index (χ1v) is 10.6. The second kappa shape index (κ2) is 20.3. The number of carbonyl (C=O) groups is 1. The molecule has 0 atom stereocenters. The van der Waals surface area contributed by atoms with E-state index in [0.717, 1.165) is 19.3 Å². The van der Waals surface area contributed by atoms with E-state index in [4.69, 9.17) is 4.74 Å². The SMILES string of the molecule is CCC/C=C/CCCCCCCCCCCCC(=O)OCCCC. The lowest BCUT2D eigenvalue weighted by molar-refractivity contribution is -0.143. The van der Waals surface area contributed by atoms with Crippen molar-refractivity contribution in [3.63, 3.8) is 0 Å². The molecule has 0 aliphatic heterocycles. The summed E-state index contributed by atoms with van der Waals surface area (Å²) in [5, 5.41) is 0. The van der Waals surface area contributed by atoms with Gasteiger partial charge in [0.05, 0.1) is 6.61 Å². The summed E-state index contributed by atoms with van der Waals surface area (Å²) < 4.78 is 5.16. The van der Waals surface area contributed by atoms with Crippen LogP contribution in [0.25, 0.3) is 0 Å². The highest BCUT2D eigenvalue weighted by Gasteiger charge is 2.01. The fourth-order valence-electron chi connectivity index (χ4n) is 2.75. The number of rotatable bonds is 18. The Morgan fingerprint density at radius 3 is 1.79 bits per heavy atom. The van der Waals surface area contributed by atoms with Crippen molar-refractivity contribution in [2.24, 2.45) is 0 Å². The number of carbonyl (C=O) groups excluding carboxylic acids is 1. The molecule has 0 amide bonds. The molecule has 0 radical (unpaired) electrons. The smallest absolute Gasteiger partial charge is 0.305 e. The van der Waals surface area contributed by atoms with Crippen LogP contribution in [0.2, 0.25) is 0 Å². The summed E-state index contributed by atoms with van der Waals surface area (Å²) in [5.41, 5.74) is 0. The summed E-state index contributed by atoms with van der Waals surface area (Å²) >= 11 is 0. The fourth-order valence-corrected chi connectivity index (χ4v) is 2.75. The summed E-state index contributed by atoms with van der Waals surface area (Å²) in [7, 11) is 0. The predicted octanol–water partition coefficient (Wildman–Crippen LogP) is 7.37. The van der Waals surface area contributed by atoms with Crippen molar-refractivity contribution in [2.45, 2.75) is 117 Å². The van der Waals surface area contributed by atoms with E-state index in [1.165, 1.54) is 77.0 Å². The van der Waals surface area contributed by atoms with Gasteiger partial charge in [-0.25, -0.2) is 0 Å². The van der Waals surface area contributed by atoms with Crippen LogP contribution in [0.1, 0.15) is 117 Å². The average molecular weight is 339 g/mol. The van der Waals surface area contributed by atoms with Gasteiger partial charge in [0.1, 0.15) is 0 Å². The molecule has 2 heteroatoms. The van der Waals surface area contributed by atoms with Crippen LogP contribution in [0.3, 0.4) is 0 Å². The lowest BCUT2D eigenvalue weighted by Crippen LogP contribution is -2.05. The van der Waals surface area contributed by atoms with Gasteiger partial charge >= 0.3 is 5.97 Å². The largest absolute Gasteiger partial charge is 0.466 e. The van der Waals surface area contributed by atoms with Crippen LogP contribution in [0.15, 0.2) is 12.2 Å². The molecule has 0 saturated heterocycles. The molecule has 0 fully saturated rings. The Kier molecular flexibility index (Phi) is 19.6. The summed E-state index contributed by atoms with van der Waals surface area (Å²) in [4.78, 5) is 11.4. The third-order valence-electron chi connectivity index (χ3n) is 4.38. The summed E-state index contributed by atoms with van der Waals surface area (Å²) in [6, 6.07) is 0. The van der Waals surface area contributed by atoms with Crippen LogP contribution in [-0.2, 0) is 9.53 Å². The fraction of sp³-hybridized carbons (Fsp3) is 0.864. The molecular formula is C22H42O2. The second-order valence-electron chi connectivity index (χ2n) is 6.91. The molecular weight excluding hydrogens is 296 g/mol. The maximum atomic E-state index is 11.4. The Morgan fingerprint density at radius 1 is 0.667 bits per heavy atom. The standard InChI is InChI=1S/C22H42O2/c1-3-5-7-8-9-10-11-12-13-14-15-16-17-18-19-20-22(23)24-21-6-4-2/h7-8H,3-6,9-21H2,1-2H3/b8-7+. The molecule has 0 saturated carbocycles. The molecule has 0 heterocycles. The zero-order valence-electron chi connectivity index (χ0n) is 16.5. The van der Waals surface area contributed by atoms with Gasteiger partial charge in [0.15, 0.2) is 0 Å². The van der Waals surface area contributed by atoms with Crippen LogP contribution < -0.4 is 0 Å². The molecule has 0 aromatic carbocycles. The molecule has 24 heavy (non-hydrogen) atoms. The molecule has 0 aliphatic carbocycles. The molecule has 0 aromatic rings. The number of unbranched alkanes of at least 4 members (excludes halogenated alkanes) is 12. The van der Waals surface area contributed by atoms with Gasteiger partial charge in [-0.05, 0) is 32.1 Å². The molecule has 0 aliphatic rings. The van der Waals surface area contributed by atoms with E-state index in [2.05, 4.69) is 26.0 Å². The van der Waals surface area contributed by atoms with Crippen molar-refractivity contribution < 1.29 is 9.53 Å². The topological polar surface area (TPSA) is 26.3 Å². The monoisotopic (exact) mass is 338 g/mol. The van der Waals surface area contributed by atoms with Crippen molar-refractivity contribution in [1.82, 2.24) is 0 Å². The Morgan fingerprint density at radius 2 is 1.21 bits per heavy atom. The number of allylic oxidation sites excluding steroid dienone is 2. The highest BCUT2D eigenvalue weighted by Crippen LogP contribution is 2.12. The van der Waals surface area contributed by atoms with E-state index in [9.17, 15) is 4.79 Å². The van der Waals surface area contributed by atoms with E-state index in [-0.39, 0.29) is 5.97 Å². The molecule has 0 bridgehead atoms. The van der Waals surface area contributed by atoms with Gasteiger partial charge in [0.2, 0.25) is 0 Å². The van der Waals surface area contributed by atoms with Crippen LogP contribution in [0, 0.1) is 0 Å². The van der Waals surface area contributed by atoms with Crippen molar-refractivity contribution in [1.29, 1.82) is 0 Å². The Hall–Kier alpha value is -0.790. The minimum Gasteiger partial charge on any atom is -0.466 e. The van der Waals surface area contributed by atoms with Gasteiger partial charge in [-0.1, -0.05) is 90.2 Å². The number of esters is 1. The zero-order valence-corrected chi connectivity index (χ0v) is 16.5. The Labute approximate surface area is 151 Å². The zero-order chi connectivity index (χ0) is 17.7. The summed E-state index contributed by atoms with van der Waals surface area (Å²) in [6.45, 7) is 4.94. The lowest BCUT2D eigenvalue weighted by Gasteiger charge is -2.04. The number of hydrogen-bond acceptors (Lipinski definition) is 2. The van der Waals surface area contributed by atoms with Crippen molar-refractivity contribution in [3.05, 3.63) is 12.2 Å². The van der Waals surface area contributed by atoms with Crippen LogP contribution in [0.5, 0.6) is 0 Å². The third kappa shape index (κ3) is 19.3. The molecule has 0 aromatic heterocycles. The minimum absolute atomic E-state index is 0.00649. The second-order valence-corrected chi connectivity index (χ2v) is 6.91. The lowest BCUT2D eigenvalue weighted by atomic mass is 10.0. The first-order valence-electron chi connectivity index (χ1n) is 10.6. The number of ether oxygens (including phenoxy) is 1. The van der Waals surface area contributed by atoms with E-state index in [1.807, 2.05) is 0 Å².